The summed E-state index contributed by atoms with van der Waals surface area (Å²) in [6.07, 6.45) is 9.89. The van der Waals surface area contributed by atoms with E-state index in [2.05, 4.69) is 38.4 Å². The average molecular weight is 449 g/mol. The lowest BCUT2D eigenvalue weighted by atomic mass is 9.90. The van der Waals surface area contributed by atoms with E-state index in [0.717, 1.165) is 48.8 Å². The summed E-state index contributed by atoms with van der Waals surface area (Å²) in [5.74, 6) is 1.02. The van der Waals surface area contributed by atoms with Crippen LogP contribution in [0.15, 0.2) is 66.3 Å². The number of carbonyl (C=O) groups excluding carboxylic acids is 1. The first-order valence-electron chi connectivity index (χ1n) is 10.9. The topological polar surface area (TPSA) is 67.3 Å². The number of nitrogens with one attached hydrogen (secondary N) is 1. The lowest BCUT2D eigenvalue weighted by Gasteiger charge is -2.36. The fraction of sp³-hybridized carbons (Fsp3) is 0.320. The Morgan fingerprint density at radius 3 is 2.91 bits per heavy atom. The van der Waals surface area contributed by atoms with Gasteiger partial charge in [0.2, 0.25) is 0 Å². The zero-order valence-corrected chi connectivity index (χ0v) is 19.0. The van der Waals surface area contributed by atoms with Gasteiger partial charge >= 0.3 is 0 Å². The molecule has 0 unspecified atom stereocenters. The molecule has 2 atom stereocenters. The molecule has 7 heteroatoms. The minimum Gasteiger partial charge on any atom is -0.496 e. The second-order valence-electron chi connectivity index (χ2n) is 7.84. The molecule has 0 bridgehead atoms. The maximum Gasteiger partial charge on any atom is 0.270 e. The van der Waals surface area contributed by atoms with Crippen LogP contribution in [0.1, 0.15) is 39.9 Å². The quantitative estimate of drug-likeness (QED) is 0.552. The molecule has 0 aliphatic carbocycles. The Hall–Kier alpha value is -3.03. The van der Waals surface area contributed by atoms with Gasteiger partial charge in [0.15, 0.2) is 0 Å². The van der Waals surface area contributed by atoms with Crippen LogP contribution in [0.2, 0.25) is 0 Å². The third kappa shape index (κ3) is 5.60. The summed E-state index contributed by atoms with van der Waals surface area (Å²) in [5, 5.41) is 6.12. The van der Waals surface area contributed by atoms with Gasteiger partial charge in [0.1, 0.15) is 16.5 Å². The van der Waals surface area contributed by atoms with E-state index in [0.29, 0.717) is 11.6 Å². The number of ether oxygens (including phenoxy) is 1. The van der Waals surface area contributed by atoms with Crippen LogP contribution >= 0.6 is 11.3 Å². The Balaban J connectivity index is 1.43. The Morgan fingerprint density at radius 2 is 2.12 bits per heavy atom. The predicted molar refractivity (Wildman–Crippen MR) is 128 cm³/mol. The van der Waals surface area contributed by atoms with E-state index in [1.54, 1.807) is 36.9 Å². The number of nitrogens with zero attached hydrogens (tertiary/aromatic N) is 3. The van der Waals surface area contributed by atoms with E-state index in [9.17, 15) is 4.79 Å². The van der Waals surface area contributed by atoms with E-state index < -0.39 is 0 Å². The summed E-state index contributed by atoms with van der Waals surface area (Å²) in [5.41, 5.74) is 1.51. The van der Waals surface area contributed by atoms with E-state index in [4.69, 9.17) is 4.74 Å². The standard InChI is InChI=1S/C25H28N4O2S/c1-31-22-12-3-2-8-19(22)9-6-15-29-16-7-10-20(18-29)23(25-27-14-17-32-25)28-24(30)21-11-4-5-13-26-21/h2-6,8-9,11-14,17,20,23H,7,10,15-16,18H2,1H3,(H,28,30)/b9-6+/t20-,23-/m0/s1. The minimum atomic E-state index is -0.154. The highest BCUT2D eigenvalue weighted by Gasteiger charge is 2.31. The number of benzene rings is 1. The number of hydrogen-bond acceptors (Lipinski definition) is 6. The minimum absolute atomic E-state index is 0.120. The van der Waals surface area contributed by atoms with Gasteiger partial charge in [-0.05, 0) is 43.5 Å². The number of aromatic nitrogens is 2. The van der Waals surface area contributed by atoms with Crippen LogP contribution in [-0.2, 0) is 0 Å². The van der Waals surface area contributed by atoms with Gasteiger partial charge in [0.25, 0.3) is 5.91 Å². The number of hydrogen-bond donors (Lipinski definition) is 1. The molecule has 0 radical (unpaired) electrons. The summed E-state index contributed by atoms with van der Waals surface area (Å²) in [6, 6.07) is 13.3. The third-order valence-electron chi connectivity index (χ3n) is 5.71. The van der Waals surface area contributed by atoms with E-state index in [1.165, 1.54) is 0 Å². The highest BCUT2D eigenvalue weighted by molar-refractivity contribution is 7.09. The Bertz CT molecular complexity index is 1020. The third-order valence-corrected chi connectivity index (χ3v) is 6.57. The van der Waals surface area contributed by atoms with Gasteiger partial charge in [0.05, 0.1) is 13.2 Å². The van der Waals surface area contributed by atoms with Gasteiger partial charge in [-0.15, -0.1) is 11.3 Å². The first kappa shape index (κ1) is 22.2. The molecule has 0 spiro atoms. The summed E-state index contributed by atoms with van der Waals surface area (Å²) < 4.78 is 5.44. The Kier molecular flexibility index (Phi) is 7.64. The van der Waals surface area contributed by atoms with Crippen LogP contribution in [0.5, 0.6) is 5.75 Å². The number of pyridine rings is 1. The average Bonchev–Trinajstić information content (AvgIpc) is 3.38. The van der Waals surface area contributed by atoms with Crippen LogP contribution < -0.4 is 10.1 Å². The molecule has 1 fully saturated rings. The van der Waals surface area contributed by atoms with Gasteiger partial charge in [0, 0.05) is 36.4 Å². The SMILES string of the molecule is COc1ccccc1/C=C/CN1CCC[C@H]([C@H](NC(=O)c2ccccn2)c2nccs2)C1. The number of amides is 1. The fourth-order valence-corrected chi connectivity index (χ4v) is 4.92. The molecule has 1 N–H and O–H groups in total. The normalized spacial score (nSPS) is 17.8. The van der Waals surface area contributed by atoms with Crippen molar-refractivity contribution in [3.63, 3.8) is 0 Å². The van der Waals surface area contributed by atoms with Gasteiger partial charge in [-0.2, -0.15) is 0 Å². The molecular formula is C25H28N4O2S. The molecule has 1 aliphatic rings. The molecular weight excluding hydrogens is 420 g/mol. The van der Waals surface area contributed by atoms with Gasteiger partial charge in [-0.3, -0.25) is 14.7 Å². The molecule has 6 nitrogen and oxygen atoms in total. The molecule has 32 heavy (non-hydrogen) atoms. The summed E-state index contributed by atoms with van der Waals surface area (Å²) in [4.78, 5) is 24.0. The van der Waals surface area contributed by atoms with Crippen molar-refractivity contribution in [1.29, 1.82) is 0 Å². The van der Waals surface area contributed by atoms with Gasteiger partial charge in [-0.1, -0.05) is 36.4 Å². The van der Waals surface area contributed by atoms with Crippen LogP contribution in [-0.4, -0.2) is 47.5 Å². The Labute approximate surface area is 193 Å². The number of carbonyl (C=O) groups is 1. The summed E-state index contributed by atoms with van der Waals surface area (Å²) in [6.45, 7) is 2.81. The number of para-hydroxylation sites is 1. The second-order valence-corrected chi connectivity index (χ2v) is 8.77. The fourth-order valence-electron chi connectivity index (χ4n) is 4.14. The molecule has 1 saturated heterocycles. The number of methoxy groups -OCH3 is 1. The predicted octanol–water partition coefficient (Wildman–Crippen LogP) is 4.44. The molecule has 1 aromatic carbocycles. The zero-order chi connectivity index (χ0) is 22.2. The lowest BCUT2D eigenvalue weighted by Crippen LogP contribution is -2.43. The first-order valence-corrected chi connectivity index (χ1v) is 11.8. The van der Waals surface area contributed by atoms with Crippen molar-refractivity contribution in [2.75, 3.05) is 26.7 Å². The molecule has 2 aromatic heterocycles. The zero-order valence-electron chi connectivity index (χ0n) is 18.2. The van der Waals surface area contributed by atoms with Crippen molar-refractivity contribution < 1.29 is 9.53 Å². The molecule has 3 aromatic rings. The molecule has 3 heterocycles. The van der Waals surface area contributed by atoms with Gasteiger partial charge < -0.3 is 10.1 Å². The lowest BCUT2D eigenvalue weighted by molar-refractivity contribution is 0.0884. The highest BCUT2D eigenvalue weighted by Crippen LogP contribution is 2.31. The number of thiazole rings is 1. The molecule has 166 valence electrons. The van der Waals surface area contributed by atoms with Crippen LogP contribution in [0, 0.1) is 5.92 Å². The molecule has 1 amide bonds. The summed E-state index contributed by atoms with van der Waals surface area (Å²) in [7, 11) is 1.69. The molecule has 4 rings (SSSR count). The highest BCUT2D eigenvalue weighted by atomic mass is 32.1. The van der Waals surface area contributed by atoms with Crippen molar-refractivity contribution >= 4 is 23.3 Å². The van der Waals surface area contributed by atoms with Crippen molar-refractivity contribution in [3.05, 3.63) is 82.6 Å². The van der Waals surface area contributed by atoms with Crippen LogP contribution in [0.3, 0.4) is 0 Å². The Morgan fingerprint density at radius 1 is 1.25 bits per heavy atom. The van der Waals surface area contributed by atoms with Crippen LogP contribution in [0.25, 0.3) is 6.08 Å². The number of likely N-dealkylation sites (tertiary alicyclic amines) is 1. The maximum absolute atomic E-state index is 12.8. The van der Waals surface area contributed by atoms with E-state index in [1.807, 2.05) is 35.7 Å². The number of piperidine rings is 1. The molecule has 0 saturated carbocycles. The molecule has 1 aliphatic heterocycles. The van der Waals surface area contributed by atoms with Crippen molar-refractivity contribution in [3.8, 4) is 5.75 Å². The number of rotatable bonds is 8. The largest absolute Gasteiger partial charge is 0.496 e. The van der Waals surface area contributed by atoms with E-state index in [-0.39, 0.29) is 11.9 Å². The monoisotopic (exact) mass is 448 g/mol. The summed E-state index contributed by atoms with van der Waals surface area (Å²) >= 11 is 1.59. The van der Waals surface area contributed by atoms with E-state index >= 15 is 0 Å². The van der Waals surface area contributed by atoms with Gasteiger partial charge in [-0.25, -0.2) is 4.98 Å². The first-order chi connectivity index (χ1) is 15.7. The van der Waals surface area contributed by atoms with Crippen molar-refractivity contribution in [2.24, 2.45) is 5.92 Å². The van der Waals surface area contributed by atoms with Crippen molar-refractivity contribution in [2.45, 2.75) is 18.9 Å². The maximum atomic E-state index is 12.8. The van der Waals surface area contributed by atoms with Crippen LogP contribution in [0.4, 0.5) is 0 Å². The second kappa shape index (κ2) is 11.0. The smallest absolute Gasteiger partial charge is 0.270 e. The van der Waals surface area contributed by atoms with Crippen molar-refractivity contribution in [1.82, 2.24) is 20.2 Å².